The van der Waals surface area contributed by atoms with Crippen molar-refractivity contribution in [3.63, 3.8) is 0 Å². The molecule has 0 spiro atoms. The van der Waals surface area contributed by atoms with E-state index in [2.05, 4.69) is 24.1 Å². The van der Waals surface area contributed by atoms with Gasteiger partial charge in [-0.05, 0) is 60.7 Å². The normalized spacial score (nSPS) is 13.4. The third-order valence-corrected chi connectivity index (χ3v) is 4.89. The first-order valence-corrected chi connectivity index (χ1v) is 10.0. The van der Waals surface area contributed by atoms with Gasteiger partial charge < -0.3 is 19.7 Å². The summed E-state index contributed by atoms with van der Waals surface area (Å²) in [5.74, 6) is 0.0591. The molecule has 154 valence electrons. The van der Waals surface area contributed by atoms with Crippen molar-refractivity contribution in [2.75, 3.05) is 36.5 Å². The molecular weight excluding hydrogens is 368 g/mol. The molecule has 0 unspecified atom stereocenters. The van der Waals surface area contributed by atoms with Gasteiger partial charge in [0.1, 0.15) is 5.75 Å². The molecule has 0 bridgehead atoms. The van der Waals surface area contributed by atoms with Crippen LogP contribution in [0.2, 0.25) is 0 Å². The van der Waals surface area contributed by atoms with Crippen molar-refractivity contribution in [2.24, 2.45) is 0 Å². The summed E-state index contributed by atoms with van der Waals surface area (Å²) in [7, 11) is 0. The Morgan fingerprint density at radius 2 is 1.62 bits per heavy atom. The minimum absolute atomic E-state index is 0.237. The topological polar surface area (TPSA) is 67.9 Å². The van der Waals surface area contributed by atoms with Crippen LogP contribution in [0.25, 0.3) is 0 Å². The van der Waals surface area contributed by atoms with Gasteiger partial charge in [0.15, 0.2) is 13.2 Å². The summed E-state index contributed by atoms with van der Waals surface area (Å²) in [5.41, 5.74) is 3.03. The van der Waals surface area contributed by atoms with Crippen LogP contribution in [0.15, 0.2) is 48.5 Å². The van der Waals surface area contributed by atoms with E-state index in [9.17, 15) is 9.59 Å². The van der Waals surface area contributed by atoms with Crippen molar-refractivity contribution in [1.82, 2.24) is 0 Å². The molecule has 0 aromatic heterocycles. The maximum atomic E-state index is 12.0. The predicted octanol–water partition coefficient (Wildman–Crippen LogP) is 3.97. The number of anilines is 2. The van der Waals surface area contributed by atoms with E-state index < -0.39 is 5.97 Å². The van der Waals surface area contributed by atoms with Crippen LogP contribution >= 0.6 is 0 Å². The maximum absolute atomic E-state index is 12.0. The monoisotopic (exact) mass is 396 g/mol. The van der Waals surface area contributed by atoms with Crippen molar-refractivity contribution in [3.05, 3.63) is 54.1 Å². The average Bonchev–Trinajstić information content (AvgIpc) is 3.26. The van der Waals surface area contributed by atoms with Gasteiger partial charge in [0, 0.05) is 24.5 Å². The molecule has 1 fully saturated rings. The molecule has 3 rings (SSSR count). The number of hydrogen-bond donors (Lipinski definition) is 1. The number of ether oxygens (including phenoxy) is 2. The van der Waals surface area contributed by atoms with Gasteiger partial charge in [-0.3, -0.25) is 4.79 Å². The third kappa shape index (κ3) is 6.24. The molecule has 1 amide bonds. The fourth-order valence-electron chi connectivity index (χ4n) is 3.21. The van der Waals surface area contributed by atoms with Gasteiger partial charge in [-0.1, -0.05) is 26.0 Å². The lowest BCUT2D eigenvalue weighted by Gasteiger charge is -2.17. The van der Waals surface area contributed by atoms with Crippen LogP contribution in [-0.4, -0.2) is 38.2 Å². The highest BCUT2D eigenvalue weighted by molar-refractivity contribution is 5.93. The van der Waals surface area contributed by atoms with Crippen LogP contribution in [-0.2, 0) is 14.3 Å². The summed E-state index contributed by atoms with van der Waals surface area (Å²) in [6.07, 6.45) is 2.44. The largest absolute Gasteiger partial charge is 0.482 e. The number of amides is 1. The average molecular weight is 396 g/mol. The number of hydrogen-bond acceptors (Lipinski definition) is 5. The van der Waals surface area contributed by atoms with E-state index in [1.165, 1.54) is 18.4 Å². The zero-order valence-corrected chi connectivity index (χ0v) is 17.0. The number of benzene rings is 2. The lowest BCUT2D eigenvalue weighted by Crippen LogP contribution is -2.23. The fourth-order valence-corrected chi connectivity index (χ4v) is 3.21. The van der Waals surface area contributed by atoms with Gasteiger partial charge >= 0.3 is 5.97 Å². The molecule has 6 heteroatoms. The predicted molar refractivity (Wildman–Crippen MR) is 114 cm³/mol. The Morgan fingerprint density at radius 1 is 0.966 bits per heavy atom. The molecule has 1 aliphatic rings. The van der Waals surface area contributed by atoms with Crippen LogP contribution in [0.3, 0.4) is 0 Å². The summed E-state index contributed by atoms with van der Waals surface area (Å²) in [6, 6.07) is 15.3. The first-order valence-electron chi connectivity index (χ1n) is 10.0. The molecule has 2 aromatic carbocycles. The second-order valence-electron chi connectivity index (χ2n) is 7.46. The Bertz CT molecular complexity index is 810. The Morgan fingerprint density at radius 3 is 2.24 bits per heavy atom. The number of carbonyl (C=O) groups is 2. The van der Waals surface area contributed by atoms with Gasteiger partial charge in [-0.25, -0.2) is 4.79 Å². The Balaban J connectivity index is 1.37. The zero-order valence-electron chi connectivity index (χ0n) is 17.0. The third-order valence-electron chi connectivity index (χ3n) is 4.89. The SMILES string of the molecule is CC(C)c1ccc(OCC(=O)OCC(=O)Nc2ccc(N3CCCC3)cc2)cc1. The molecule has 1 N–H and O–H groups in total. The van der Waals surface area contributed by atoms with Gasteiger partial charge in [-0.2, -0.15) is 0 Å². The molecule has 6 nitrogen and oxygen atoms in total. The second-order valence-corrected chi connectivity index (χ2v) is 7.46. The first-order chi connectivity index (χ1) is 14.0. The maximum Gasteiger partial charge on any atom is 0.344 e. The lowest BCUT2D eigenvalue weighted by molar-refractivity contribution is -0.149. The van der Waals surface area contributed by atoms with Gasteiger partial charge in [0.25, 0.3) is 5.91 Å². The quantitative estimate of drug-likeness (QED) is 0.684. The lowest BCUT2D eigenvalue weighted by atomic mass is 10.0. The highest BCUT2D eigenvalue weighted by Crippen LogP contribution is 2.22. The summed E-state index contributed by atoms with van der Waals surface area (Å²) in [5, 5.41) is 2.73. The van der Waals surface area contributed by atoms with Crippen molar-refractivity contribution in [1.29, 1.82) is 0 Å². The van der Waals surface area contributed by atoms with E-state index in [0.717, 1.165) is 18.8 Å². The first kappa shape index (κ1) is 20.7. The molecule has 1 heterocycles. The fraction of sp³-hybridized carbons (Fsp3) is 0.391. The highest BCUT2D eigenvalue weighted by atomic mass is 16.6. The molecular formula is C23H28N2O4. The summed E-state index contributed by atoms with van der Waals surface area (Å²) in [4.78, 5) is 26.1. The van der Waals surface area contributed by atoms with Gasteiger partial charge in [0.2, 0.25) is 0 Å². The van der Waals surface area contributed by atoms with Crippen LogP contribution in [0.1, 0.15) is 38.2 Å². The number of carbonyl (C=O) groups excluding carboxylic acids is 2. The van der Waals surface area contributed by atoms with E-state index in [-0.39, 0.29) is 19.1 Å². The van der Waals surface area contributed by atoms with E-state index in [0.29, 0.717) is 17.4 Å². The van der Waals surface area contributed by atoms with Crippen LogP contribution in [0, 0.1) is 0 Å². The summed E-state index contributed by atoms with van der Waals surface area (Å²) in [6.45, 7) is 5.79. The highest BCUT2D eigenvalue weighted by Gasteiger charge is 2.13. The number of esters is 1. The number of nitrogens with zero attached hydrogens (tertiary/aromatic N) is 1. The number of nitrogens with one attached hydrogen (secondary N) is 1. The van der Waals surface area contributed by atoms with Crippen molar-refractivity contribution < 1.29 is 19.1 Å². The van der Waals surface area contributed by atoms with E-state index >= 15 is 0 Å². The van der Waals surface area contributed by atoms with E-state index in [1.54, 1.807) is 0 Å². The van der Waals surface area contributed by atoms with Gasteiger partial charge in [0.05, 0.1) is 0 Å². The summed E-state index contributed by atoms with van der Waals surface area (Å²) >= 11 is 0. The Kier molecular flexibility index (Phi) is 7.11. The Hall–Kier alpha value is -3.02. The van der Waals surface area contributed by atoms with Crippen molar-refractivity contribution in [2.45, 2.75) is 32.6 Å². The van der Waals surface area contributed by atoms with Gasteiger partial charge in [-0.15, -0.1) is 0 Å². The minimum Gasteiger partial charge on any atom is -0.482 e. The molecule has 0 radical (unpaired) electrons. The smallest absolute Gasteiger partial charge is 0.344 e. The molecule has 0 saturated carbocycles. The van der Waals surface area contributed by atoms with E-state index in [1.807, 2.05) is 48.5 Å². The van der Waals surface area contributed by atoms with Crippen molar-refractivity contribution in [3.8, 4) is 5.75 Å². The molecule has 0 aliphatic carbocycles. The molecule has 29 heavy (non-hydrogen) atoms. The van der Waals surface area contributed by atoms with E-state index in [4.69, 9.17) is 9.47 Å². The molecule has 0 atom stereocenters. The minimum atomic E-state index is -0.586. The molecule has 1 saturated heterocycles. The number of rotatable bonds is 8. The second kappa shape index (κ2) is 9.96. The zero-order chi connectivity index (χ0) is 20.6. The Labute approximate surface area is 171 Å². The standard InChI is InChI=1S/C23H28N2O4/c1-17(2)18-5-11-21(12-6-18)28-16-23(27)29-15-22(26)24-19-7-9-20(10-8-19)25-13-3-4-14-25/h5-12,17H,3-4,13-16H2,1-2H3,(H,24,26). The molecule has 2 aromatic rings. The van der Waals surface area contributed by atoms with Crippen LogP contribution in [0.5, 0.6) is 5.75 Å². The molecule has 1 aliphatic heterocycles. The van der Waals surface area contributed by atoms with Crippen molar-refractivity contribution >= 4 is 23.3 Å². The summed E-state index contributed by atoms with van der Waals surface area (Å²) < 4.78 is 10.4. The van der Waals surface area contributed by atoms with Crippen LogP contribution in [0.4, 0.5) is 11.4 Å². The van der Waals surface area contributed by atoms with Crippen LogP contribution < -0.4 is 15.0 Å².